The molecule has 4 nitrogen and oxygen atoms in total. The van der Waals surface area contributed by atoms with Crippen molar-refractivity contribution >= 4 is 87.2 Å². The highest BCUT2D eigenvalue weighted by Crippen LogP contribution is 2.43. The third kappa shape index (κ3) is 4.45. The molecule has 272 valence electrons. The van der Waals surface area contributed by atoms with Crippen molar-refractivity contribution in [2.24, 2.45) is 0 Å². The van der Waals surface area contributed by atoms with E-state index in [2.05, 4.69) is 213 Å². The summed E-state index contributed by atoms with van der Waals surface area (Å²) >= 11 is 0. The molecule has 0 saturated carbocycles. The fraction of sp³-hybridized carbons (Fsp3) is 0.0370. The lowest BCUT2D eigenvalue weighted by Crippen LogP contribution is -2.06. The van der Waals surface area contributed by atoms with Crippen molar-refractivity contribution in [3.8, 4) is 22.5 Å². The Morgan fingerprint density at radius 1 is 0.379 bits per heavy atom. The minimum absolute atomic E-state index is 0.227. The number of aromatic nitrogens is 4. The first kappa shape index (κ1) is 31.6. The van der Waals surface area contributed by atoms with Crippen LogP contribution in [0.1, 0.15) is 12.5 Å². The minimum Gasteiger partial charge on any atom is -0.354 e. The average Bonchev–Trinajstić information content (AvgIpc) is 4.01. The predicted molar refractivity (Wildman–Crippen MR) is 245 cm³/mol. The van der Waals surface area contributed by atoms with Gasteiger partial charge in [0, 0.05) is 71.0 Å². The topological polar surface area (TPSA) is 30.6 Å². The van der Waals surface area contributed by atoms with Gasteiger partial charge in [0.2, 0.25) is 0 Å². The first-order valence-electron chi connectivity index (χ1n) is 20.2. The van der Waals surface area contributed by atoms with Gasteiger partial charge in [-0.2, -0.15) is 0 Å². The predicted octanol–water partition coefficient (Wildman–Crippen LogP) is 14.3. The van der Waals surface area contributed by atoms with Crippen molar-refractivity contribution in [1.29, 1.82) is 0 Å². The quantitative estimate of drug-likeness (QED) is 0.186. The van der Waals surface area contributed by atoms with Crippen LogP contribution in [0.25, 0.3) is 110 Å². The third-order valence-corrected chi connectivity index (χ3v) is 12.6. The zero-order valence-corrected chi connectivity index (χ0v) is 31.6. The van der Waals surface area contributed by atoms with E-state index in [9.17, 15) is 0 Å². The lowest BCUT2D eigenvalue weighted by atomic mass is 9.99. The molecule has 1 aliphatic rings. The molecule has 0 amide bonds. The van der Waals surface area contributed by atoms with Crippen LogP contribution in [-0.2, 0) is 0 Å². The van der Waals surface area contributed by atoms with Gasteiger partial charge >= 0.3 is 0 Å². The maximum atomic E-state index is 3.69. The SMILES string of the molecule is C1=CCC(n2c3ccc(-c4ccc5c(c4)c4cc6c(cc4n5-c4ccccc4)[nH]c4ccccc46)cc3c3cc4c5ccccc5n(-c5ccccc5)c4cc32)C=C1. The number of hydrogen-bond donors (Lipinski definition) is 1. The first-order chi connectivity index (χ1) is 28.8. The lowest BCUT2D eigenvalue weighted by molar-refractivity contribution is 0.648. The summed E-state index contributed by atoms with van der Waals surface area (Å²) in [6, 6.07) is 63.0. The van der Waals surface area contributed by atoms with Crippen molar-refractivity contribution < 1.29 is 0 Å². The van der Waals surface area contributed by atoms with Crippen LogP contribution in [0.4, 0.5) is 0 Å². The number of nitrogens with zero attached hydrogens (tertiary/aromatic N) is 3. The lowest BCUT2D eigenvalue weighted by Gasteiger charge is -2.18. The molecular weight excluding hydrogens is 705 g/mol. The number of nitrogens with one attached hydrogen (secondary N) is 1. The van der Waals surface area contributed by atoms with Gasteiger partial charge in [-0.1, -0.05) is 109 Å². The molecule has 0 spiro atoms. The van der Waals surface area contributed by atoms with Crippen LogP contribution in [0.5, 0.6) is 0 Å². The van der Waals surface area contributed by atoms with Crippen LogP contribution in [-0.4, -0.2) is 18.7 Å². The summed E-state index contributed by atoms with van der Waals surface area (Å²) in [6.45, 7) is 0. The number of benzene rings is 8. The number of fused-ring (bicyclic) bond motifs is 12. The van der Waals surface area contributed by atoms with E-state index in [1.165, 1.54) is 93.0 Å². The maximum Gasteiger partial charge on any atom is 0.0562 e. The molecule has 4 heterocycles. The van der Waals surface area contributed by atoms with Gasteiger partial charge in [-0.3, -0.25) is 0 Å². The van der Waals surface area contributed by atoms with E-state index in [0.717, 1.165) is 23.1 Å². The fourth-order valence-corrected chi connectivity index (χ4v) is 10.1. The first-order valence-corrected chi connectivity index (χ1v) is 20.2. The van der Waals surface area contributed by atoms with E-state index in [-0.39, 0.29) is 6.04 Å². The Morgan fingerprint density at radius 3 is 1.69 bits per heavy atom. The Morgan fingerprint density at radius 2 is 0.948 bits per heavy atom. The molecule has 1 aliphatic carbocycles. The van der Waals surface area contributed by atoms with Crippen molar-refractivity contribution in [3.63, 3.8) is 0 Å². The number of H-pyrrole nitrogens is 1. The summed E-state index contributed by atoms with van der Waals surface area (Å²) in [4.78, 5) is 3.69. The van der Waals surface area contributed by atoms with Crippen molar-refractivity contribution in [1.82, 2.24) is 18.7 Å². The number of para-hydroxylation sites is 4. The molecule has 1 N–H and O–H groups in total. The van der Waals surface area contributed by atoms with E-state index in [4.69, 9.17) is 0 Å². The Bertz CT molecular complexity index is 3700. The maximum absolute atomic E-state index is 3.69. The molecule has 13 rings (SSSR count). The van der Waals surface area contributed by atoms with Gasteiger partial charge in [0.15, 0.2) is 0 Å². The van der Waals surface area contributed by atoms with Gasteiger partial charge < -0.3 is 18.7 Å². The molecule has 58 heavy (non-hydrogen) atoms. The second kappa shape index (κ2) is 12.0. The third-order valence-electron chi connectivity index (χ3n) is 12.6. The van der Waals surface area contributed by atoms with Crippen LogP contribution in [0.2, 0.25) is 0 Å². The number of allylic oxidation sites excluding steroid dienone is 4. The number of aromatic amines is 1. The molecule has 1 atom stereocenters. The van der Waals surface area contributed by atoms with Crippen LogP contribution in [0.3, 0.4) is 0 Å². The molecule has 0 radical (unpaired) electrons. The van der Waals surface area contributed by atoms with Crippen molar-refractivity contribution in [2.45, 2.75) is 12.5 Å². The smallest absolute Gasteiger partial charge is 0.0562 e. The van der Waals surface area contributed by atoms with Crippen molar-refractivity contribution in [3.05, 3.63) is 194 Å². The summed E-state index contributed by atoms with van der Waals surface area (Å²) in [5, 5.41) is 10.1. The Kier molecular flexibility index (Phi) is 6.53. The van der Waals surface area contributed by atoms with Gasteiger partial charge in [0.05, 0.1) is 33.6 Å². The molecule has 4 heteroatoms. The molecule has 8 aromatic carbocycles. The molecular formula is C54H36N4. The van der Waals surface area contributed by atoms with Crippen LogP contribution in [0.15, 0.2) is 194 Å². The van der Waals surface area contributed by atoms with E-state index in [0.29, 0.717) is 0 Å². The number of rotatable bonds is 4. The van der Waals surface area contributed by atoms with Crippen LogP contribution in [0, 0.1) is 0 Å². The fourth-order valence-electron chi connectivity index (χ4n) is 10.1. The normalized spacial score (nSPS) is 14.5. The summed E-state index contributed by atoms with van der Waals surface area (Å²) in [5.41, 5.74) is 14.4. The zero-order valence-electron chi connectivity index (χ0n) is 31.6. The summed E-state index contributed by atoms with van der Waals surface area (Å²) in [5.74, 6) is 0. The molecule has 0 saturated heterocycles. The van der Waals surface area contributed by atoms with E-state index >= 15 is 0 Å². The molecule has 12 aromatic rings. The molecule has 0 aliphatic heterocycles. The second-order valence-electron chi connectivity index (χ2n) is 15.8. The molecule has 4 aromatic heterocycles. The van der Waals surface area contributed by atoms with E-state index in [1.807, 2.05) is 0 Å². The highest BCUT2D eigenvalue weighted by molar-refractivity contribution is 6.21. The monoisotopic (exact) mass is 740 g/mol. The largest absolute Gasteiger partial charge is 0.354 e. The highest BCUT2D eigenvalue weighted by Gasteiger charge is 2.22. The van der Waals surface area contributed by atoms with Gasteiger partial charge in [-0.25, -0.2) is 0 Å². The average molecular weight is 741 g/mol. The van der Waals surface area contributed by atoms with Gasteiger partial charge in [-0.05, 0) is 102 Å². The molecule has 0 bridgehead atoms. The standard InChI is InChI=1S/C54H36N4/c1-4-14-36(15-5-1)56-49-23-13-11-21-40(49)44-31-46-43-29-35(25-27-51(43)58(54(46)33-53(44)56)38-18-8-3-9-19-38)34-24-26-50-42(28-34)45-30-41-39-20-10-12-22-47(39)55-48(41)32-52(45)57(50)37-16-6-2-7-17-37/h1-18,20-33,38,55H,19H2. The Balaban J connectivity index is 1.07. The van der Waals surface area contributed by atoms with Crippen LogP contribution < -0.4 is 0 Å². The summed E-state index contributed by atoms with van der Waals surface area (Å²) < 4.78 is 7.42. The molecule has 1 unspecified atom stereocenters. The van der Waals surface area contributed by atoms with Crippen molar-refractivity contribution in [2.75, 3.05) is 0 Å². The van der Waals surface area contributed by atoms with Gasteiger partial charge in [0.25, 0.3) is 0 Å². The van der Waals surface area contributed by atoms with Gasteiger partial charge in [-0.15, -0.1) is 0 Å². The highest BCUT2D eigenvalue weighted by atomic mass is 15.0. The number of hydrogen-bond acceptors (Lipinski definition) is 0. The minimum atomic E-state index is 0.227. The Hall–Kier alpha value is -7.56. The summed E-state index contributed by atoms with van der Waals surface area (Å²) in [7, 11) is 0. The summed E-state index contributed by atoms with van der Waals surface area (Å²) in [6.07, 6.45) is 9.97. The van der Waals surface area contributed by atoms with E-state index in [1.54, 1.807) is 0 Å². The van der Waals surface area contributed by atoms with Gasteiger partial charge in [0.1, 0.15) is 0 Å². The molecule has 0 fully saturated rings. The van der Waals surface area contributed by atoms with Crippen LogP contribution >= 0.6 is 0 Å². The Labute approximate surface area is 333 Å². The van der Waals surface area contributed by atoms with E-state index < -0.39 is 0 Å². The zero-order chi connectivity index (χ0) is 37.9. The second-order valence-corrected chi connectivity index (χ2v) is 15.8.